The van der Waals surface area contributed by atoms with Gasteiger partial charge < -0.3 is 9.47 Å². The largest absolute Gasteiger partial charge is 0.310 e. The van der Waals surface area contributed by atoms with Crippen LogP contribution in [0.15, 0.2) is 231 Å². The summed E-state index contributed by atoms with van der Waals surface area (Å²) in [5.74, 6) is 0. The molecule has 0 radical (unpaired) electrons. The van der Waals surface area contributed by atoms with Gasteiger partial charge in [-0.3, -0.25) is 0 Å². The molecule has 2 aliphatic carbocycles. The Balaban J connectivity index is 1.05. The Labute approximate surface area is 385 Å². The minimum Gasteiger partial charge on any atom is -0.310 e. The van der Waals surface area contributed by atoms with Crippen molar-refractivity contribution in [1.29, 1.82) is 0 Å². The van der Waals surface area contributed by atoms with Gasteiger partial charge >= 0.3 is 0 Å². The van der Waals surface area contributed by atoms with Crippen molar-refractivity contribution < 1.29 is 0 Å². The Morgan fingerprint density at radius 3 is 1.76 bits per heavy atom. The van der Waals surface area contributed by atoms with Crippen molar-refractivity contribution in [3.63, 3.8) is 0 Å². The van der Waals surface area contributed by atoms with Gasteiger partial charge in [-0.2, -0.15) is 0 Å². The van der Waals surface area contributed by atoms with Crippen LogP contribution in [0, 0.1) is 0 Å². The number of para-hydroxylation sites is 1. The number of hydrogen-bond donors (Lipinski definition) is 0. The molecule has 3 heteroatoms. The van der Waals surface area contributed by atoms with Crippen LogP contribution in [0.5, 0.6) is 0 Å². The second kappa shape index (κ2) is 13.4. The third-order valence-corrected chi connectivity index (χ3v) is 15.9. The lowest BCUT2D eigenvalue weighted by atomic mass is 9.61. The van der Waals surface area contributed by atoms with Crippen LogP contribution in [-0.2, 0) is 5.41 Å². The van der Waals surface area contributed by atoms with Crippen LogP contribution in [0.2, 0.25) is 0 Å². The fourth-order valence-corrected chi connectivity index (χ4v) is 13.2. The number of hydrogen-bond acceptors (Lipinski definition) is 2. The fraction of sp³-hybridized carbons (Fsp3) is 0.0159. The van der Waals surface area contributed by atoms with Gasteiger partial charge in [0, 0.05) is 53.4 Å². The van der Waals surface area contributed by atoms with Crippen LogP contribution in [0.3, 0.4) is 0 Å². The standard InChI is InChI=1S/C63H38N2S/c1-2-18-44-39(14-1)15-13-28-57(44)65-58-27-9-5-21-48(58)49-34-31-43(38-59(49)65)64(41-32-35-61-52(36-41)50-22-6-10-29-60(50)66-61)42-30-33-47-51-23-11-16-40-17-12-26-55(62(40)51)63(56(47)37-42)53-24-7-3-19-45(53)46-20-4-8-25-54(46)63/h1-38H. The molecule has 2 heterocycles. The number of nitrogens with zero attached hydrogens (tertiary/aromatic N) is 2. The highest BCUT2D eigenvalue weighted by molar-refractivity contribution is 7.25. The highest BCUT2D eigenvalue weighted by Gasteiger charge is 2.50. The van der Waals surface area contributed by atoms with Gasteiger partial charge in [0.1, 0.15) is 0 Å². The Morgan fingerprint density at radius 2 is 0.894 bits per heavy atom. The van der Waals surface area contributed by atoms with Gasteiger partial charge in [-0.25, -0.2) is 0 Å². The van der Waals surface area contributed by atoms with E-state index in [0.717, 1.165) is 17.1 Å². The lowest BCUT2D eigenvalue weighted by molar-refractivity contribution is 0.773. The average molecular weight is 855 g/mol. The van der Waals surface area contributed by atoms with Crippen LogP contribution >= 0.6 is 11.3 Å². The summed E-state index contributed by atoms with van der Waals surface area (Å²) in [6, 6.07) is 86.7. The Morgan fingerprint density at radius 1 is 0.333 bits per heavy atom. The van der Waals surface area contributed by atoms with E-state index in [9.17, 15) is 0 Å². The first-order valence-corrected chi connectivity index (χ1v) is 23.6. The summed E-state index contributed by atoms with van der Waals surface area (Å²) < 4.78 is 5.08. The first-order chi connectivity index (χ1) is 32.7. The monoisotopic (exact) mass is 854 g/mol. The third-order valence-electron chi connectivity index (χ3n) is 14.8. The molecule has 11 aromatic carbocycles. The topological polar surface area (TPSA) is 8.17 Å². The van der Waals surface area contributed by atoms with Crippen molar-refractivity contribution in [2.45, 2.75) is 5.41 Å². The van der Waals surface area contributed by atoms with Gasteiger partial charge in [-0.15, -0.1) is 11.3 Å². The van der Waals surface area contributed by atoms with E-state index in [1.54, 1.807) is 0 Å². The van der Waals surface area contributed by atoms with E-state index in [1.807, 2.05) is 11.3 Å². The van der Waals surface area contributed by atoms with Gasteiger partial charge in [-0.05, 0) is 121 Å². The third kappa shape index (κ3) is 4.74. The molecule has 66 heavy (non-hydrogen) atoms. The van der Waals surface area contributed by atoms with Crippen molar-refractivity contribution in [2.75, 3.05) is 4.90 Å². The van der Waals surface area contributed by atoms with E-state index in [-0.39, 0.29) is 0 Å². The smallest absolute Gasteiger partial charge is 0.0726 e. The zero-order valence-electron chi connectivity index (χ0n) is 35.7. The summed E-state index contributed by atoms with van der Waals surface area (Å²) in [6.07, 6.45) is 0. The number of benzene rings is 11. The Bertz CT molecular complexity index is 4150. The van der Waals surface area contributed by atoms with Gasteiger partial charge in [0.15, 0.2) is 0 Å². The zero-order valence-corrected chi connectivity index (χ0v) is 36.6. The van der Waals surface area contributed by atoms with Gasteiger partial charge in [0.25, 0.3) is 0 Å². The van der Waals surface area contributed by atoms with E-state index in [0.29, 0.717) is 0 Å². The van der Waals surface area contributed by atoms with E-state index in [2.05, 4.69) is 240 Å². The van der Waals surface area contributed by atoms with Crippen molar-refractivity contribution in [2.24, 2.45) is 0 Å². The van der Waals surface area contributed by atoms with Crippen molar-refractivity contribution >= 4 is 91.9 Å². The maximum atomic E-state index is 2.53. The van der Waals surface area contributed by atoms with Crippen molar-refractivity contribution in [3.8, 4) is 27.9 Å². The second-order valence-corrected chi connectivity index (χ2v) is 19.0. The van der Waals surface area contributed by atoms with Gasteiger partial charge in [0.05, 0.1) is 22.1 Å². The Hall–Kier alpha value is -8.24. The van der Waals surface area contributed by atoms with Crippen LogP contribution in [0.25, 0.3) is 91.5 Å². The van der Waals surface area contributed by atoms with Gasteiger partial charge in [-0.1, -0.05) is 170 Å². The summed E-state index contributed by atoms with van der Waals surface area (Å²) in [4.78, 5) is 2.51. The van der Waals surface area contributed by atoms with Crippen molar-refractivity contribution in [1.82, 2.24) is 4.57 Å². The predicted octanol–water partition coefficient (Wildman–Crippen LogP) is 17.3. The normalized spacial score (nSPS) is 13.3. The first-order valence-electron chi connectivity index (χ1n) is 22.8. The molecular formula is C63H38N2S. The number of fused-ring (bicyclic) bond motifs is 16. The molecule has 2 nitrogen and oxygen atoms in total. The molecule has 0 N–H and O–H groups in total. The minimum atomic E-state index is -0.531. The lowest BCUT2D eigenvalue weighted by Gasteiger charge is -2.40. The predicted molar refractivity (Wildman–Crippen MR) is 280 cm³/mol. The molecule has 15 rings (SSSR count). The van der Waals surface area contributed by atoms with E-state index >= 15 is 0 Å². The molecule has 0 unspecified atom stereocenters. The highest BCUT2D eigenvalue weighted by atomic mass is 32.1. The lowest BCUT2D eigenvalue weighted by Crippen LogP contribution is -2.32. The van der Waals surface area contributed by atoms with E-state index in [1.165, 1.54) is 114 Å². The molecule has 0 atom stereocenters. The first kappa shape index (κ1) is 36.1. The average Bonchev–Trinajstić information content (AvgIpc) is 4.02. The van der Waals surface area contributed by atoms with E-state index in [4.69, 9.17) is 0 Å². The number of aromatic nitrogens is 1. The molecule has 0 fully saturated rings. The van der Waals surface area contributed by atoms with E-state index < -0.39 is 5.41 Å². The fourth-order valence-electron chi connectivity index (χ4n) is 12.1. The van der Waals surface area contributed by atoms with Gasteiger partial charge in [0.2, 0.25) is 0 Å². The molecule has 0 aliphatic heterocycles. The highest BCUT2D eigenvalue weighted by Crippen LogP contribution is 2.62. The SMILES string of the molecule is c1ccc2c(c1)-c1ccccc1C21c2cc(N(c3ccc4sc5ccccc5c4c3)c3ccc4c5ccccc5n(-c5cccc6ccccc56)c4c3)ccc2-c2cccc3cccc1c23. The maximum absolute atomic E-state index is 2.53. The molecule has 0 saturated heterocycles. The van der Waals surface area contributed by atoms with Crippen LogP contribution in [0.1, 0.15) is 22.3 Å². The molecular weight excluding hydrogens is 817 g/mol. The molecule has 13 aromatic rings. The Kier molecular flexibility index (Phi) is 7.34. The molecule has 1 spiro atoms. The quantitative estimate of drug-likeness (QED) is 0.171. The molecule has 0 saturated carbocycles. The molecule has 306 valence electrons. The number of thiophene rings is 1. The number of anilines is 3. The molecule has 2 aromatic heterocycles. The van der Waals surface area contributed by atoms with Crippen LogP contribution in [-0.4, -0.2) is 4.57 Å². The van der Waals surface area contributed by atoms with Crippen LogP contribution < -0.4 is 4.90 Å². The minimum absolute atomic E-state index is 0.531. The summed E-state index contributed by atoms with van der Waals surface area (Å²) in [7, 11) is 0. The zero-order chi connectivity index (χ0) is 43.1. The summed E-state index contributed by atoms with van der Waals surface area (Å²) in [5, 5.41) is 10.1. The molecule has 0 amide bonds. The van der Waals surface area contributed by atoms with Crippen molar-refractivity contribution in [3.05, 3.63) is 253 Å². The summed E-state index contributed by atoms with van der Waals surface area (Å²) >= 11 is 1.87. The second-order valence-electron chi connectivity index (χ2n) is 17.9. The number of rotatable bonds is 4. The van der Waals surface area contributed by atoms with Crippen LogP contribution in [0.4, 0.5) is 17.1 Å². The maximum Gasteiger partial charge on any atom is 0.0726 e. The summed E-state index contributed by atoms with van der Waals surface area (Å²) in [5.41, 5.74) is 16.9. The molecule has 0 bridgehead atoms. The molecule has 2 aliphatic rings. The summed E-state index contributed by atoms with van der Waals surface area (Å²) in [6.45, 7) is 0.